The molecule has 0 aliphatic carbocycles. The Morgan fingerprint density at radius 2 is 1.89 bits per heavy atom. The number of H-pyrrole nitrogens is 1. The van der Waals surface area contributed by atoms with Gasteiger partial charge in [-0.05, 0) is 42.8 Å². The third kappa shape index (κ3) is 4.38. The topological polar surface area (TPSA) is 84.1 Å². The molecule has 0 bridgehead atoms. The number of nitrogens with zero attached hydrogens (tertiary/aromatic N) is 2. The molecule has 7 nitrogen and oxygen atoms in total. The number of aryl methyl sites for hydroxylation is 1. The highest BCUT2D eigenvalue weighted by molar-refractivity contribution is 5.96. The predicted octanol–water partition coefficient (Wildman–Crippen LogP) is 5.93. The van der Waals surface area contributed by atoms with Gasteiger partial charge in [0.15, 0.2) is 0 Å². The SMILES string of the molecule is COc1cccc(-c2ccccc2NC(=O)[N+]2(C(=O)CCc3nc4ccccc4[nH]3)CCC[C@H]2C)c1. The number of nitrogens with one attached hydrogen (secondary N) is 2. The van der Waals surface area contributed by atoms with Crippen molar-refractivity contribution in [1.29, 1.82) is 0 Å². The van der Waals surface area contributed by atoms with Gasteiger partial charge in [0.05, 0.1) is 36.8 Å². The van der Waals surface area contributed by atoms with Gasteiger partial charge in [0, 0.05) is 24.8 Å². The van der Waals surface area contributed by atoms with Crippen LogP contribution in [0, 0.1) is 0 Å². The number of imide groups is 1. The molecule has 0 radical (unpaired) electrons. The number of quaternary nitrogens is 1. The van der Waals surface area contributed by atoms with E-state index in [9.17, 15) is 9.59 Å². The lowest BCUT2D eigenvalue weighted by Crippen LogP contribution is -2.60. The smallest absolute Gasteiger partial charge is 0.428 e. The third-order valence-electron chi connectivity index (χ3n) is 7.26. The Kier molecular flexibility index (Phi) is 6.57. The number of anilines is 1. The minimum absolute atomic E-state index is 0.0724. The van der Waals surface area contributed by atoms with Crippen LogP contribution in [0.4, 0.5) is 10.5 Å². The van der Waals surface area contributed by atoms with Crippen LogP contribution in [0.3, 0.4) is 0 Å². The van der Waals surface area contributed by atoms with Crippen molar-refractivity contribution in [3.8, 4) is 16.9 Å². The van der Waals surface area contributed by atoms with Gasteiger partial charge in [-0.3, -0.25) is 5.32 Å². The van der Waals surface area contributed by atoms with E-state index in [1.807, 2.05) is 79.7 Å². The second kappa shape index (κ2) is 9.95. The summed E-state index contributed by atoms with van der Waals surface area (Å²) in [5.41, 5.74) is 4.32. The molecule has 0 spiro atoms. The Bertz CT molecular complexity index is 1380. The summed E-state index contributed by atoms with van der Waals surface area (Å²) in [5, 5.41) is 3.11. The van der Waals surface area contributed by atoms with Crippen molar-refractivity contribution in [1.82, 2.24) is 9.97 Å². The number of fused-ring (bicyclic) bond motifs is 1. The third-order valence-corrected chi connectivity index (χ3v) is 7.26. The van der Waals surface area contributed by atoms with Gasteiger partial charge in [0.25, 0.3) is 0 Å². The van der Waals surface area contributed by atoms with Crippen molar-refractivity contribution < 1.29 is 18.8 Å². The lowest BCUT2D eigenvalue weighted by molar-refractivity contribution is -0.782. The highest BCUT2D eigenvalue weighted by atomic mass is 16.5. The number of hydrogen-bond acceptors (Lipinski definition) is 4. The van der Waals surface area contributed by atoms with Gasteiger partial charge in [-0.25, -0.2) is 14.6 Å². The monoisotopic (exact) mass is 483 g/mol. The number of aromatic amines is 1. The zero-order valence-electron chi connectivity index (χ0n) is 20.7. The number of likely N-dealkylation sites (tertiary alicyclic amines) is 1. The molecule has 7 heteroatoms. The van der Waals surface area contributed by atoms with Gasteiger partial charge in [-0.1, -0.05) is 42.5 Å². The quantitative estimate of drug-likeness (QED) is 0.333. The highest BCUT2D eigenvalue weighted by Gasteiger charge is 2.52. The fourth-order valence-electron chi connectivity index (χ4n) is 5.26. The molecular formula is C29H31N4O3+. The van der Waals surface area contributed by atoms with Crippen LogP contribution >= 0.6 is 0 Å². The van der Waals surface area contributed by atoms with Crippen LogP contribution in [0.2, 0.25) is 0 Å². The molecule has 184 valence electrons. The predicted molar refractivity (Wildman–Crippen MR) is 141 cm³/mol. The van der Waals surface area contributed by atoms with Gasteiger partial charge < -0.3 is 9.72 Å². The lowest BCUT2D eigenvalue weighted by Gasteiger charge is -2.33. The van der Waals surface area contributed by atoms with Crippen LogP contribution in [0.1, 0.15) is 32.0 Å². The molecule has 2 heterocycles. The number of methoxy groups -OCH3 is 1. The first-order valence-corrected chi connectivity index (χ1v) is 12.4. The van der Waals surface area contributed by atoms with Crippen LogP contribution in [0.15, 0.2) is 72.8 Å². The van der Waals surface area contributed by atoms with Crippen LogP contribution in [-0.4, -0.2) is 46.1 Å². The first-order chi connectivity index (χ1) is 17.5. The lowest BCUT2D eigenvalue weighted by atomic mass is 10.0. The fourth-order valence-corrected chi connectivity index (χ4v) is 5.26. The van der Waals surface area contributed by atoms with Crippen LogP contribution in [-0.2, 0) is 11.2 Å². The number of carbonyl (C=O) groups is 2. The van der Waals surface area contributed by atoms with E-state index < -0.39 is 0 Å². The summed E-state index contributed by atoms with van der Waals surface area (Å²) in [5.74, 6) is 1.43. The summed E-state index contributed by atoms with van der Waals surface area (Å²) >= 11 is 0. The van der Waals surface area contributed by atoms with Crippen LogP contribution < -0.4 is 10.1 Å². The average Bonchev–Trinajstić information content (AvgIpc) is 3.51. The largest absolute Gasteiger partial charge is 0.497 e. The van der Waals surface area contributed by atoms with Crippen LogP contribution in [0.5, 0.6) is 5.75 Å². The molecule has 0 saturated carbocycles. The Balaban J connectivity index is 1.39. The van der Waals surface area contributed by atoms with Gasteiger partial charge in [0.2, 0.25) is 0 Å². The van der Waals surface area contributed by atoms with Gasteiger partial charge in [-0.15, -0.1) is 0 Å². The molecule has 2 N–H and O–H groups in total. The standard InChI is InChI=1S/C29H30N4O3/c1-20-9-8-18-33(20,28(34)17-16-27-30-25-14-5-6-15-26(25)31-27)29(35)32-24-13-4-3-12-23(24)21-10-7-11-22(19-21)36-2/h3-7,10-15,19-20H,8-9,16-18H2,1-2H3,(H-,30,31,32,35)/p+1/t20-,33?/m1/s1. The fraction of sp³-hybridized carbons (Fsp3) is 0.276. The van der Waals surface area contributed by atoms with Crippen molar-refractivity contribution in [3.05, 3.63) is 78.6 Å². The molecule has 3 aromatic carbocycles. The average molecular weight is 484 g/mol. The number of urea groups is 1. The molecule has 36 heavy (non-hydrogen) atoms. The number of ether oxygens (including phenoxy) is 1. The van der Waals surface area contributed by atoms with Crippen molar-refractivity contribution in [2.24, 2.45) is 0 Å². The van der Waals surface area contributed by atoms with Crippen molar-refractivity contribution in [2.75, 3.05) is 19.0 Å². The Morgan fingerprint density at radius 1 is 1.08 bits per heavy atom. The van der Waals surface area contributed by atoms with E-state index in [1.54, 1.807) is 7.11 Å². The molecule has 1 fully saturated rings. The first kappa shape index (κ1) is 23.8. The summed E-state index contributed by atoms with van der Waals surface area (Å²) < 4.78 is 5.19. The Hall–Kier alpha value is -3.97. The van der Waals surface area contributed by atoms with E-state index in [2.05, 4.69) is 15.3 Å². The molecule has 3 amide bonds. The number of imidazole rings is 1. The normalized spacial score (nSPS) is 19.3. The number of benzene rings is 3. The zero-order chi connectivity index (χ0) is 25.1. The molecule has 1 aliphatic rings. The zero-order valence-corrected chi connectivity index (χ0v) is 20.7. The minimum atomic E-state index is -0.273. The minimum Gasteiger partial charge on any atom is -0.497 e. The second-order valence-corrected chi connectivity index (χ2v) is 9.39. The Labute approximate surface area is 210 Å². The van der Waals surface area contributed by atoms with Crippen molar-refractivity contribution in [2.45, 2.75) is 38.6 Å². The van der Waals surface area contributed by atoms with Gasteiger partial charge >= 0.3 is 11.9 Å². The van der Waals surface area contributed by atoms with Crippen molar-refractivity contribution >= 4 is 28.7 Å². The van der Waals surface area contributed by atoms with E-state index in [-0.39, 0.29) is 28.9 Å². The number of carbonyl (C=O) groups excluding carboxylic acids is 2. The molecule has 1 aliphatic heterocycles. The van der Waals surface area contributed by atoms with E-state index in [4.69, 9.17) is 4.74 Å². The molecule has 1 unspecified atom stereocenters. The maximum atomic E-state index is 13.8. The molecular weight excluding hydrogens is 452 g/mol. The van der Waals surface area contributed by atoms with E-state index in [0.29, 0.717) is 18.7 Å². The Morgan fingerprint density at radius 3 is 2.67 bits per heavy atom. The number of rotatable bonds is 6. The number of aromatic nitrogens is 2. The second-order valence-electron chi connectivity index (χ2n) is 9.39. The summed E-state index contributed by atoms with van der Waals surface area (Å²) in [6.07, 6.45) is 2.38. The van der Waals surface area contributed by atoms with Crippen LogP contribution in [0.25, 0.3) is 22.2 Å². The first-order valence-electron chi connectivity index (χ1n) is 12.4. The maximum Gasteiger partial charge on any atom is 0.428 e. The molecule has 1 aromatic heterocycles. The molecule has 4 aromatic rings. The summed E-state index contributed by atoms with van der Waals surface area (Å²) in [6.45, 7) is 2.51. The summed E-state index contributed by atoms with van der Waals surface area (Å²) in [4.78, 5) is 35.4. The summed E-state index contributed by atoms with van der Waals surface area (Å²) in [6, 6.07) is 22.8. The van der Waals surface area contributed by atoms with Crippen molar-refractivity contribution in [3.63, 3.8) is 0 Å². The maximum absolute atomic E-state index is 13.8. The summed E-state index contributed by atoms with van der Waals surface area (Å²) in [7, 11) is 1.63. The van der Waals surface area contributed by atoms with E-state index in [0.717, 1.165) is 46.6 Å². The number of para-hydroxylation sites is 3. The van der Waals surface area contributed by atoms with Gasteiger partial charge in [-0.2, -0.15) is 4.48 Å². The molecule has 1 saturated heterocycles. The number of amides is 3. The highest BCUT2D eigenvalue weighted by Crippen LogP contribution is 2.34. The van der Waals surface area contributed by atoms with Gasteiger partial charge in [0.1, 0.15) is 17.6 Å². The molecule has 2 atom stereocenters. The number of hydrogen-bond donors (Lipinski definition) is 2. The van der Waals surface area contributed by atoms with E-state index >= 15 is 0 Å². The van der Waals surface area contributed by atoms with E-state index in [1.165, 1.54) is 0 Å². The molecule has 5 rings (SSSR count).